The van der Waals surface area contributed by atoms with Gasteiger partial charge < -0.3 is 15.5 Å². The summed E-state index contributed by atoms with van der Waals surface area (Å²) < 4.78 is 43.6. The molecule has 2 rings (SSSR count). The lowest BCUT2D eigenvalue weighted by Gasteiger charge is -2.25. The fourth-order valence-corrected chi connectivity index (χ4v) is 3.03. The summed E-state index contributed by atoms with van der Waals surface area (Å²) in [4.78, 5) is 24.9. The minimum Gasteiger partial charge on any atom is -0.393 e. The molecule has 31 heavy (non-hydrogen) atoms. The van der Waals surface area contributed by atoms with Gasteiger partial charge in [-0.25, -0.2) is 4.39 Å². The number of hydrogen-bond donors (Lipinski definition) is 3. The van der Waals surface area contributed by atoms with Gasteiger partial charge in [-0.3, -0.25) is 9.59 Å². The van der Waals surface area contributed by atoms with E-state index in [0.717, 1.165) is 18.2 Å². The summed E-state index contributed by atoms with van der Waals surface area (Å²) in [6, 6.07) is 7.00. The van der Waals surface area contributed by atoms with E-state index in [2.05, 4.69) is 5.32 Å². The van der Waals surface area contributed by atoms with Gasteiger partial charge in [0.1, 0.15) is 11.9 Å². The zero-order valence-electron chi connectivity index (χ0n) is 17.8. The van der Waals surface area contributed by atoms with Crippen molar-refractivity contribution in [2.45, 2.75) is 46.1 Å². The van der Waals surface area contributed by atoms with E-state index in [4.69, 9.17) is 0 Å². The number of aliphatic hydroxyl groups is 2. The number of benzene rings is 2. The zero-order valence-corrected chi connectivity index (χ0v) is 17.8. The van der Waals surface area contributed by atoms with Gasteiger partial charge in [0.05, 0.1) is 6.61 Å². The van der Waals surface area contributed by atoms with Gasteiger partial charge in [0.25, 0.3) is 5.91 Å². The minimum absolute atomic E-state index is 0.186. The van der Waals surface area contributed by atoms with Gasteiger partial charge in [-0.2, -0.15) is 8.78 Å². The molecule has 8 heteroatoms. The van der Waals surface area contributed by atoms with Crippen molar-refractivity contribution < 1.29 is 33.0 Å². The highest BCUT2D eigenvalue weighted by Crippen LogP contribution is 2.38. The maximum Gasteiger partial charge on any atom is 0.330 e. The van der Waals surface area contributed by atoms with Crippen LogP contribution in [-0.2, 0) is 10.7 Å². The van der Waals surface area contributed by atoms with Crippen molar-refractivity contribution in [3.8, 4) is 0 Å². The van der Waals surface area contributed by atoms with Crippen LogP contribution in [0.4, 0.5) is 18.9 Å². The van der Waals surface area contributed by atoms with Crippen molar-refractivity contribution in [2.75, 3.05) is 11.9 Å². The molecule has 0 saturated heterocycles. The maximum atomic E-state index is 15.1. The highest BCUT2D eigenvalue weighted by atomic mass is 19.3. The lowest BCUT2D eigenvalue weighted by atomic mass is 9.85. The van der Waals surface area contributed by atoms with Crippen LogP contribution in [0.2, 0.25) is 0 Å². The van der Waals surface area contributed by atoms with Gasteiger partial charge in [0.2, 0.25) is 5.78 Å². The van der Waals surface area contributed by atoms with Crippen LogP contribution in [0.3, 0.4) is 0 Å². The second-order valence-electron chi connectivity index (χ2n) is 8.65. The number of nitrogens with one attached hydrogen (secondary N) is 1. The summed E-state index contributed by atoms with van der Waals surface area (Å²) in [7, 11) is 0. The van der Waals surface area contributed by atoms with Crippen LogP contribution in [-0.4, -0.2) is 28.5 Å². The predicted molar refractivity (Wildman–Crippen MR) is 111 cm³/mol. The molecule has 3 N–H and O–H groups in total. The van der Waals surface area contributed by atoms with Crippen LogP contribution in [0.1, 0.15) is 60.3 Å². The number of aryl methyl sites for hydroxylation is 1. The van der Waals surface area contributed by atoms with Gasteiger partial charge >= 0.3 is 5.92 Å². The summed E-state index contributed by atoms with van der Waals surface area (Å²) in [5, 5.41) is 21.7. The number of alkyl halides is 2. The number of anilines is 1. The molecule has 0 aliphatic carbocycles. The smallest absolute Gasteiger partial charge is 0.330 e. The normalized spacial score (nSPS) is 13.1. The van der Waals surface area contributed by atoms with Crippen LogP contribution in [0.15, 0.2) is 36.4 Å². The molecule has 0 saturated carbocycles. The second-order valence-corrected chi connectivity index (χ2v) is 8.65. The largest absolute Gasteiger partial charge is 0.393 e. The molecule has 0 spiro atoms. The maximum absolute atomic E-state index is 15.1. The lowest BCUT2D eigenvalue weighted by molar-refractivity contribution is -0.146. The average molecular weight is 437 g/mol. The Morgan fingerprint density at radius 3 is 2.29 bits per heavy atom. The Bertz CT molecular complexity index is 983. The molecule has 0 bridgehead atoms. The van der Waals surface area contributed by atoms with Gasteiger partial charge in [-0.1, -0.05) is 26.8 Å². The van der Waals surface area contributed by atoms with Crippen molar-refractivity contribution in [1.29, 1.82) is 0 Å². The van der Waals surface area contributed by atoms with Crippen molar-refractivity contribution >= 4 is 17.4 Å². The zero-order chi connectivity index (χ0) is 23.6. The van der Waals surface area contributed by atoms with E-state index in [1.807, 2.05) is 0 Å². The Morgan fingerprint density at radius 2 is 1.74 bits per heavy atom. The number of rotatable bonds is 7. The number of halogens is 3. The summed E-state index contributed by atoms with van der Waals surface area (Å²) in [5.74, 6) is -6.56. The van der Waals surface area contributed by atoms with E-state index >= 15 is 8.78 Å². The molecule has 0 fully saturated rings. The number of aliphatic hydroxyl groups excluding tert-OH is 2. The van der Waals surface area contributed by atoms with Crippen LogP contribution in [0, 0.1) is 18.2 Å². The third-order valence-corrected chi connectivity index (χ3v) is 4.64. The molecule has 0 aliphatic rings. The van der Waals surface area contributed by atoms with Crippen molar-refractivity contribution in [2.24, 2.45) is 5.41 Å². The highest BCUT2D eigenvalue weighted by molar-refractivity contribution is 6.04. The Balaban J connectivity index is 2.46. The van der Waals surface area contributed by atoms with E-state index in [1.165, 1.54) is 25.1 Å². The number of hydrogen-bond acceptors (Lipinski definition) is 4. The van der Waals surface area contributed by atoms with E-state index in [-0.39, 0.29) is 16.8 Å². The molecule has 0 aliphatic heterocycles. The number of carbonyl (C=O) groups excluding carboxylic acids is 2. The number of carbonyl (C=O) groups is 2. The molecule has 1 atom stereocenters. The van der Waals surface area contributed by atoms with E-state index in [9.17, 15) is 24.2 Å². The minimum atomic E-state index is -3.98. The third kappa shape index (κ3) is 5.92. The standard InChI is InChI=1S/C23H26F3NO4/c1-13-9-15(6-8-18(13)24)27-21(31)14-5-7-16(19(29)12-28)17(10-14)23(25,26)20(30)11-22(2,3)4/h5-10,19,28-29H,11-12H2,1-4H3,(H,27,31)/t19-/m0/s1. The van der Waals surface area contributed by atoms with Gasteiger partial charge in [-0.15, -0.1) is 0 Å². The van der Waals surface area contributed by atoms with E-state index < -0.39 is 53.5 Å². The molecule has 0 aromatic heterocycles. The first-order chi connectivity index (χ1) is 14.3. The SMILES string of the molecule is Cc1cc(NC(=O)c2ccc([C@@H](O)CO)c(C(F)(F)C(=O)CC(C)(C)C)c2)ccc1F. The molecule has 5 nitrogen and oxygen atoms in total. The molecule has 0 heterocycles. The van der Waals surface area contributed by atoms with Crippen molar-refractivity contribution in [3.63, 3.8) is 0 Å². The van der Waals surface area contributed by atoms with Crippen LogP contribution < -0.4 is 5.32 Å². The van der Waals surface area contributed by atoms with Crippen molar-refractivity contribution in [3.05, 3.63) is 64.5 Å². The first kappa shape index (κ1) is 24.6. The Morgan fingerprint density at radius 1 is 1.10 bits per heavy atom. The first-order valence-electron chi connectivity index (χ1n) is 9.68. The number of ketones is 1. The molecule has 0 unspecified atom stereocenters. The summed E-state index contributed by atoms with van der Waals surface area (Å²) in [6.07, 6.45) is -2.08. The monoisotopic (exact) mass is 437 g/mol. The first-order valence-corrected chi connectivity index (χ1v) is 9.68. The number of amides is 1. The summed E-state index contributed by atoms with van der Waals surface area (Å²) in [6.45, 7) is 5.59. The van der Waals surface area contributed by atoms with Gasteiger partial charge in [0.15, 0.2) is 0 Å². The molecule has 168 valence electrons. The van der Waals surface area contributed by atoms with Crippen LogP contribution >= 0.6 is 0 Å². The fourth-order valence-electron chi connectivity index (χ4n) is 3.03. The Kier molecular flexibility index (Phi) is 7.28. The van der Waals surface area contributed by atoms with E-state index in [0.29, 0.717) is 5.56 Å². The second kappa shape index (κ2) is 9.20. The predicted octanol–water partition coefficient (Wildman–Crippen LogP) is 4.51. The van der Waals surface area contributed by atoms with Crippen LogP contribution in [0.5, 0.6) is 0 Å². The third-order valence-electron chi connectivity index (χ3n) is 4.64. The average Bonchev–Trinajstić information content (AvgIpc) is 2.68. The van der Waals surface area contributed by atoms with Crippen molar-refractivity contribution in [1.82, 2.24) is 0 Å². The molecular weight excluding hydrogens is 411 g/mol. The Hall–Kier alpha value is -2.71. The Labute approximate surface area is 178 Å². The quantitative estimate of drug-likeness (QED) is 0.595. The number of Topliss-reactive ketones (excluding diaryl/α,β-unsaturated/α-hetero) is 1. The van der Waals surface area contributed by atoms with Gasteiger partial charge in [0, 0.05) is 23.2 Å². The van der Waals surface area contributed by atoms with Crippen LogP contribution in [0.25, 0.3) is 0 Å². The molecule has 2 aromatic carbocycles. The molecule has 2 aromatic rings. The molecule has 1 amide bonds. The molecule has 0 radical (unpaired) electrons. The highest BCUT2D eigenvalue weighted by Gasteiger charge is 2.44. The molecular formula is C23H26F3NO4. The summed E-state index contributed by atoms with van der Waals surface area (Å²) >= 11 is 0. The van der Waals surface area contributed by atoms with Gasteiger partial charge in [-0.05, 0) is 53.8 Å². The fraction of sp³-hybridized carbons (Fsp3) is 0.391. The topological polar surface area (TPSA) is 86.6 Å². The lowest BCUT2D eigenvalue weighted by Crippen LogP contribution is -2.32. The van der Waals surface area contributed by atoms with E-state index in [1.54, 1.807) is 20.8 Å². The summed E-state index contributed by atoms with van der Waals surface area (Å²) in [5.41, 5.74) is -1.52.